The SMILES string of the molecule is O=C(NCC1CC1)c1ccc(Br)cc1CO. The van der Waals surface area contributed by atoms with Gasteiger partial charge in [0.25, 0.3) is 5.91 Å². The van der Waals surface area contributed by atoms with Gasteiger partial charge in [0.1, 0.15) is 0 Å². The first kappa shape index (κ1) is 11.6. The molecule has 0 bridgehead atoms. The summed E-state index contributed by atoms with van der Waals surface area (Å²) in [7, 11) is 0. The molecule has 1 saturated carbocycles. The number of amides is 1. The lowest BCUT2D eigenvalue weighted by molar-refractivity contribution is 0.0948. The smallest absolute Gasteiger partial charge is 0.251 e. The third kappa shape index (κ3) is 2.83. The Bertz CT molecular complexity index is 402. The van der Waals surface area contributed by atoms with Crippen molar-refractivity contribution in [2.45, 2.75) is 19.4 Å². The van der Waals surface area contributed by atoms with E-state index in [9.17, 15) is 9.90 Å². The highest BCUT2D eigenvalue weighted by Gasteiger charge is 2.22. The Morgan fingerprint density at radius 3 is 2.88 bits per heavy atom. The number of halogens is 1. The summed E-state index contributed by atoms with van der Waals surface area (Å²) in [6, 6.07) is 5.31. The van der Waals surface area contributed by atoms with Crippen molar-refractivity contribution in [3.8, 4) is 0 Å². The van der Waals surface area contributed by atoms with E-state index in [4.69, 9.17) is 0 Å². The largest absolute Gasteiger partial charge is 0.392 e. The molecule has 16 heavy (non-hydrogen) atoms. The molecule has 0 radical (unpaired) electrons. The van der Waals surface area contributed by atoms with E-state index < -0.39 is 0 Å². The number of benzene rings is 1. The Labute approximate surface area is 103 Å². The molecule has 0 spiro atoms. The number of carbonyl (C=O) groups is 1. The number of aliphatic hydroxyl groups excluding tert-OH is 1. The highest BCUT2D eigenvalue weighted by molar-refractivity contribution is 9.10. The first-order valence-corrected chi connectivity index (χ1v) is 6.17. The van der Waals surface area contributed by atoms with E-state index in [0.29, 0.717) is 17.0 Å². The first-order chi connectivity index (χ1) is 7.70. The molecule has 4 heteroatoms. The summed E-state index contributed by atoms with van der Waals surface area (Å²) in [6.45, 7) is 0.630. The minimum atomic E-state index is -0.119. The second-order valence-electron chi connectivity index (χ2n) is 4.11. The standard InChI is InChI=1S/C12H14BrNO2/c13-10-3-4-11(9(5-10)7-15)12(16)14-6-8-1-2-8/h3-5,8,15H,1-2,6-7H2,(H,14,16). The summed E-state index contributed by atoms with van der Waals surface area (Å²) in [5, 5.41) is 12.1. The van der Waals surface area contributed by atoms with Gasteiger partial charge in [0.2, 0.25) is 0 Å². The molecule has 0 aliphatic heterocycles. The Kier molecular flexibility index (Phi) is 3.61. The van der Waals surface area contributed by atoms with Crippen LogP contribution in [-0.4, -0.2) is 17.6 Å². The fourth-order valence-electron chi connectivity index (χ4n) is 1.57. The van der Waals surface area contributed by atoms with Crippen LogP contribution in [0.1, 0.15) is 28.8 Å². The van der Waals surface area contributed by atoms with E-state index in [1.54, 1.807) is 12.1 Å². The fraction of sp³-hybridized carbons (Fsp3) is 0.417. The van der Waals surface area contributed by atoms with Gasteiger partial charge in [-0.1, -0.05) is 15.9 Å². The van der Waals surface area contributed by atoms with E-state index in [1.165, 1.54) is 12.8 Å². The number of hydrogen-bond donors (Lipinski definition) is 2. The van der Waals surface area contributed by atoms with Gasteiger partial charge in [0, 0.05) is 16.6 Å². The van der Waals surface area contributed by atoms with Crippen LogP contribution in [-0.2, 0) is 6.61 Å². The molecule has 0 saturated heterocycles. The minimum Gasteiger partial charge on any atom is -0.392 e. The molecule has 1 aromatic rings. The van der Waals surface area contributed by atoms with Crippen molar-refractivity contribution in [1.29, 1.82) is 0 Å². The second-order valence-corrected chi connectivity index (χ2v) is 5.03. The molecule has 1 aliphatic carbocycles. The van der Waals surface area contributed by atoms with Crippen molar-refractivity contribution in [1.82, 2.24) is 5.32 Å². The van der Waals surface area contributed by atoms with E-state index in [1.807, 2.05) is 6.07 Å². The maximum absolute atomic E-state index is 11.8. The zero-order valence-electron chi connectivity index (χ0n) is 8.87. The van der Waals surface area contributed by atoms with E-state index >= 15 is 0 Å². The summed E-state index contributed by atoms with van der Waals surface area (Å²) >= 11 is 3.32. The Morgan fingerprint density at radius 1 is 1.50 bits per heavy atom. The van der Waals surface area contributed by atoms with Crippen LogP contribution in [0.4, 0.5) is 0 Å². The molecular formula is C12H14BrNO2. The van der Waals surface area contributed by atoms with Crippen LogP contribution in [0.25, 0.3) is 0 Å². The van der Waals surface area contributed by atoms with Crippen LogP contribution in [0.5, 0.6) is 0 Å². The summed E-state index contributed by atoms with van der Waals surface area (Å²) in [5.74, 6) is 0.570. The van der Waals surface area contributed by atoms with Crippen LogP contribution in [0, 0.1) is 5.92 Å². The summed E-state index contributed by atoms with van der Waals surface area (Å²) in [6.07, 6.45) is 2.43. The molecule has 1 aliphatic rings. The van der Waals surface area contributed by atoms with E-state index in [2.05, 4.69) is 21.2 Å². The Balaban J connectivity index is 2.08. The van der Waals surface area contributed by atoms with Crippen molar-refractivity contribution in [2.75, 3.05) is 6.54 Å². The van der Waals surface area contributed by atoms with Crippen molar-refractivity contribution >= 4 is 21.8 Å². The van der Waals surface area contributed by atoms with Gasteiger partial charge < -0.3 is 10.4 Å². The molecule has 0 aromatic heterocycles. The maximum Gasteiger partial charge on any atom is 0.251 e. The second kappa shape index (κ2) is 4.97. The lowest BCUT2D eigenvalue weighted by Crippen LogP contribution is -2.26. The zero-order chi connectivity index (χ0) is 11.5. The monoisotopic (exact) mass is 283 g/mol. The Hall–Kier alpha value is -0.870. The topological polar surface area (TPSA) is 49.3 Å². The molecule has 0 atom stereocenters. The fourth-order valence-corrected chi connectivity index (χ4v) is 1.98. The summed E-state index contributed by atoms with van der Waals surface area (Å²) in [4.78, 5) is 11.8. The van der Waals surface area contributed by atoms with Crippen LogP contribution in [0.3, 0.4) is 0 Å². The molecule has 3 nitrogen and oxygen atoms in total. The molecule has 0 heterocycles. The molecule has 86 valence electrons. The third-order valence-corrected chi connectivity index (χ3v) is 3.22. The number of carbonyl (C=O) groups excluding carboxylic acids is 1. The van der Waals surface area contributed by atoms with Crippen LogP contribution >= 0.6 is 15.9 Å². The van der Waals surface area contributed by atoms with E-state index in [-0.39, 0.29) is 12.5 Å². The van der Waals surface area contributed by atoms with Gasteiger partial charge >= 0.3 is 0 Å². The number of aliphatic hydroxyl groups is 1. The van der Waals surface area contributed by atoms with Crippen molar-refractivity contribution in [3.63, 3.8) is 0 Å². The van der Waals surface area contributed by atoms with Gasteiger partial charge in [-0.05, 0) is 42.5 Å². The molecule has 1 amide bonds. The first-order valence-electron chi connectivity index (χ1n) is 5.38. The number of hydrogen-bond acceptors (Lipinski definition) is 2. The molecule has 0 unspecified atom stereocenters. The maximum atomic E-state index is 11.8. The average Bonchev–Trinajstić information content (AvgIpc) is 3.09. The quantitative estimate of drug-likeness (QED) is 0.889. The number of nitrogens with one attached hydrogen (secondary N) is 1. The van der Waals surface area contributed by atoms with Crippen molar-refractivity contribution < 1.29 is 9.90 Å². The molecule has 1 fully saturated rings. The predicted octanol–water partition coefficient (Wildman–Crippen LogP) is 2.08. The van der Waals surface area contributed by atoms with Gasteiger partial charge in [0.05, 0.1) is 6.61 Å². The Morgan fingerprint density at radius 2 is 2.25 bits per heavy atom. The van der Waals surface area contributed by atoms with Crippen LogP contribution in [0.2, 0.25) is 0 Å². The van der Waals surface area contributed by atoms with Gasteiger partial charge in [-0.15, -0.1) is 0 Å². The van der Waals surface area contributed by atoms with E-state index in [0.717, 1.165) is 11.0 Å². The van der Waals surface area contributed by atoms with Crippen molar-refractivity contribution in [2.24, 2.45) is 5.92 Å². The third-order valence-electron chi connectivity index (χ3n) is 2.73. The summed E-state index contributed by atoms with van der Waals surface area (Å²) < 4.78 is 0.871. The van der Waals surface area contributed by atoms with Gasteiger partial charge in [-0.2, -0.15) is 0 Å². The van der Waals surface area contributed by atoms with Gasteiger partial charge in [0.15, 0.2) is 0 Å². The predicted molar refractivity (Wildman–Crippen MR) is 65.1 cm³/mol. The van der Waals surface area contributed by atoms with Gasteiger partial charge in [-0.3, -0.25) is 4.79 Å². The molecule has 1 aromatic carbocycles. The van der Waals surface area contributed by atoms with Crippen LogP contribution in [0.15, 0.2) is 22.7 Å². The van der Waals surface area contributed by atoms with Crippen LogP contribution < -0.4 is 5.32 Å². The molecular weight excluding hydrogens is 270 g/mol. The highest BCUT2D eigenvalue weighted by atomic mass is 79.9. The molecule has 2 rings (SSSR count). The normalized spacial score (nSPS) is 14.9. The van der Waals surface area contributed by atoms with Crippen molar-refractivity contribution in [3.05, 3.63) is 33.8 Å². The minimum absolute atomic E-state index is 0.0940. The molecule has 2 N–H and O–H groups in total. The zero-order valence-corrected chi connectivity index (χ0v) is 10.5. The average molecular weight is 284 g/mol. The summed E-state index contributed by atoms with van der Waals surface area (Å²) in [5.41, 5.74) is 1.22. The lowest BCUT2D eigenvalue weighted by atomic mass is 10.1. The number of rotatable bonds is 4. The highest BCUT2D eigenvalue weighted by Crippen LogP contribution is 2.27. The van der Waals surface area contributed by atoms with Gasteiger partial charge in [-0.25, -0.2) is 0 Å². The lowest BCUT2D eigenvalue weighted by Gasteiger charge is -2.08.